The van der Waals surface area contributed by atoms with Crippen LogP contribution in [0.5, 0.6) is 5.75 Å². The minimum atomic E-state index is -1.25. The highest BCUT2D eigenvalue weighted by Crippen LogP contribution is 2.27. The Kier molecular flexibility index (Phi) is 4.25. The molecule has 0 saturated heterocycles. The standard InChI is InChI=1S/C17H20N2O4/c1-17(21,15-7-4-8-22-15)11-19-16(20)18-10-13-9-12-5-2-3-6-14(12)23-13/h2-8,13,21H,9-11H2,1H3,(H2,18,19,20). The summed E-state index contributed by atoms with van der Waals surface area (Å²) in [7, 11) is 0. The maximum absolute atomic E-state index is 11.9. The van der Waals surface area contributed by atoms with Crippen LogP contribution in [-0.2, 0) is 12.0 Å². The summed E-state index contributed by atoms with van der Waals surface area (Å²) in [4.78, 5) is 11.9. The molecule has 3 N–H and O–H groups in total. The lowest BCUT2D eigenvalue weighted by Gasteiger charge is -2.21. The van der Waals surface area contributed by atoms with Crippen molar-refractivity contribution < 1.29 is 19.1 Å². The molecule has 1 aliphatic rings. The Balaban J connectivity index is 1.43. The van der Waals surface area contributed by atoms with Crippen molar-refractivity contribution in [2.45, 2.75) is 25.0 Å². The SMILES string of the molecule is CC(O)(CNC(=O)NCC1Cc2ccccc2O1)c1ccco1. The van der Waals surface area contributed by atoms with E-state index in [0.29, 0.717) is 12.3 Å². The van der Waals surface area contributed by atoms with Crippen LogP contribution in [0.15, 0.2) is 47.1 Å². The van der Waals surface area contributed by atoms with Gasteiger partial charge in [-0.25, -0.2) is 4.79 Å². The maximum Gasteiger partial charge on any atom is 0.315 e. The summed E-state index contributed by atoms with van der Waals surface area (Å²) in [6.07, 6.45) is 2.20. The Bertz CT molecular complexity index is 642. The van der Waals surface area contributed by atoms with Crippen molar-refractivity contribution in [3.63, 3.8) is 0 Å². The molecule has 2 unspecified atom stereocenters. The number of furan rings is 1. The van der Waals surface area contributed by atoms with Crippen molar-refractivity contribution in [1.29, 1.82) is 0 Å². The van der Waals surface area contributed by atoms with E-state index in [0.717, 1.165) is 17.7 Å². The Morgan fingerprint density at radius 3 is 2.87 bits per heavy atom. The molecule has 0 radical (unpaired) electrons. The number of rotatable bonds is 5. The first-order chi connectivity index (χ1) is 11.0. The first-order valence-electron chi connectivity index (χ1n) is 7.57. The van der Waals surface area contributed by atoms with Gasteiger partial charge in [0, 0.05) is 6.42 Å². The number of hydrogen-bond donors (Lipinski definition) is 3. The number of amides is 2. The van der Waals surface area contributed by atoms with Gasteiger partial charge >= 0.3 is 6.03 Å². The molecule has 2 atom stereocenters. The van der Waals surface area contributed by atoms with Crippen molar-refractivity contribution in [3.8, 4) is 5.75 Å². The van der Waals surface area contributed by atoms with Gasteiger partial charge in [-0.2, -0.15) is 0 Å². The van der Waals surface area contributed by atoms with Gasteiger partial charge in [-0.3, -0.25) is 0 Å². The molecule has 3 rings (SSSR count). The van der Waals surface area contributed by atoms with Crippen molar-refractivity contribution in [2.24, 2.45) is 0 Å². The molecule has 1 aromatic carbocycles. The Morgan fingerprint density at radius 1 is 1.30 bits per heavy atom. The molecule has 2 heterocycles. The van der Waals surface area contributed by atoms with Crippen molar-refractivity contribution in [3.05, 3.63) is 54.0 Å². The summed E-state index contributed by atoms with van der Waals surface area (Å²) in [5.41, 5.74) is -0.0959. The third kappa shape index (κ3) is 3.65. The van der Waals surface area contributed by atoms with Crippen LogP contribution in [0.2, 0.25) is 0 Å². The van der Waals surface area contributed by atoms with Crippen LogP contribution in [-0.4, -0.2) is 30.3 Å². The highest BCUT2D eigenvalue weighted by molar-refractivity contribution is 5.74. The number of carbonyl (C=O) groups is 1. The second kappa shape index (κ2) is 6.34. The number of ether oxygens (including phenoxy) is 1. The number of fused-ring (bicyclic) bond motifs is 1. The zero-order valence-electron chi connectivity index (χ0n) is 12.9. The summed E-state index contributed by atoms with van der Waals surface area (Å²) in [5.74, 6) is 1.29. The van der Waals surface area contributed by atoms with E-state index in [4.69, 9.17) is 9.15 Å². The normalized spacial score (nSPS) is 18.6. The smallest absolute Gasteiger partial charge is 0.315 e. The Hall–Kier alpha value is -2.47. The number of para-hydroxylation sites is 1. The second-order valence-electron chi connectivity index (χ2n) is 5.87. The van der Waals surface area contributed by atoms with Crippen molar-refractivity contribution in [2.75, 3.05) is 13.1 Å². The van der Waals surface area contributed by atoms with Crippen LogP contribution in [0.3, 0.4) is 0 Å². The van der Waals surface area contributed by atoms with E-state index < -0.39 is 5.60 Å². The molecule has 0 fully saturated rings. The van der Waals surface area contributed by atoms with Crippen LogP contribution >= 0.6 is 0 Å². The predicted molar refractivity (Wildman–Crippen MR) is 84.2 cm³/mol. The van der Waals surface area contributed by atoms with Crippen molar-refractivity contribution >= 4 is 6.03 Å². The summed E-state index contributed by atoms with van der Waals surface area (Å²) in [6, 6.07) is 10.9. The molecular formula is C17H20N2O4. The molecular weight excluding hydrogens is 296 g/mol. The predicted octanol–water partition coefficient (Wildman–Crippen LogP) is 1.79. The summed E-state index contributed by atoms with van der Waals surface area (Å²) >= 11 is 0. The van der Waals surface area contributed by atoms with Gasteiger partial charge in [0.05, 0.1) is 19.4 Å². The molecule has 23 heavy (non-hydrogen) atoms. The van der Waals surface area contributed by atoms with Gasteiger partial charge in [0.2, 0.25) is 0 Å². The fourth-order valence-corrected chi connectivity index (χ4v) is 2.56. The Labute approximate surface area is 134 Å². The molecule has 2 amide bonds. The van der Waals surface area contributed by atoms with Crippen LogP contribution in [0.25, 0.3) is 0 Å². The lowest BCUT2D eigenvalue weighted by molar-refractivity contribution is 0.0367. The average molecular weight is 316 g/mol. The fraction of sp³-hybridized carbons (Fsp3) is 0.353. The molecule has 0 spiro atoms. The highest BCUT2D eigenvalue weighted by Gasteiger charge is 2.27. The number of hydrogen-bond acceptors (Lipinski definition) is 4. The van der Waals surface area contributed by atoms with Gasteiger partial charge in [-0.05, 0) is 30.7 Å². The molecule has 0 bridgehead atoms. The molecule has 1 aliphatic heterocycles. The first kappa shape index (κ1) is 15.4. The highest BCUT2D eigenvalue weighted by atomic mass is 16.5. The first-order valence-corrected chi connectivity index (χ1v) is 7.57. The molecule has 2 aromatic rings. The lowest BCUT2D eigenvalue weighted by atomic mass is 10.0. The molecule has 0 aliphatic carbocycles. The van der Waals surface area contributed by atoms with E-state index in [1.165, 1.54) is 6.26 Å². The zero-order valence-corrected chi connectivity index (χ0v) is 12.9. The van der Waals surface area contributed by atoms with E-state index in [1.54, 1.807) is 19.1 Å². The van der Waals surface area contributed by atoms with Gasteiger partial charge in [-0.1, -0.05) is 18.2 Å². The van der Waals surface area contributed by atoms with Gasteiger partial charge in [0.1, 0.15) is 23.2 Å². The van der Waals surface area contributed by atoms with Gasteiger partial charge in [0.25, 0.3) is 0 Å². The van der Waals surface area contributed by atoms with Crippen LogP contribution in [0.4, 0.5) is 4.79 Å². The topological polar surface area (TPSA) is 83.7 Å². The van der Waals surface area contributed by atoms with Crippen LogP contribution in [0, 0.1) is 0 Å². The molecule has 6 nitrogen and oxygen atoms in total. The van der Waals surface area contributed by atoms with E-state index in [2.05, 4.69) is 10.6 Å². The number of benzene rings is 1. The monoisotopic (exact) mass is 316 g/mol. The molecule has 6 heteroatoms. The number of nitrogens with one attached hydrogen (secondary N) is 2. The fourth-order valence-electron chi connectivity index (χ4n) is 2.56. The quantitative estimate of drug-likeness (QED) is 0.785. The van der Waals surface area contributed by atoms with Crippen LogP contribution in [0.1, 0.15) is 18.2 Å². The van der Waals surface area contributed by atoms with E-state index in [1.807, 2.05) is 24.3 Å². The van der Waals surface area contributed by atoms with Gasteiger partial charge < -0.3 is 24.9 Å². The third-order valence-corrected chi connectivity index (χ3v) is 3.85. The lowest BCUT2D eigenvalue weighted by Crippen LogP contribution is -2.45. The minimum absolute atomic E-state index is 0.0537. The largest absolute Gasteiger partial charge is 0.488 e. The molecule has 0 saturated carbocycles. The van der Waals surface area contributed by atoms with Crippen molar-refractivity contribution in [1.82, 2.24) is 10.6 Å². The summed E-state index contributed by atoms with van der Waals surface area (Å²) in [6.45, 7) is 2.05. The zero-order chi connectivity index (χ0) is 16.3. The van der Waals surface area contributed by atoms with Gasteiger partial charge in [-0.15, -0.1) is 0 Å². The van der Waals surface area contributed by atoms with E-state index >= 15 is 0 Å². The molecule has 1 aromatic heterocycles. The van der Waals surface area contributed by atoms with E-state index in [-0.39, 0.29) is 18.7 Å². The van der Waals surface area contributed by atoms with E-state index in [9.17, 15) is 9.90 Å². The number of urea groups is 1. The van der Waals surface area contributed by atoms with Gasteiger partial charge in [0.15, 0.2) is 0 Å². The third-order valence-electron chi connectivity index (χ3n) is 3.85. The molecule has 122 valence electrons. The minimum Gasteiger partial charge on any atom is -0.488 e. The Morgan fingerprint density at radius 2 is 2.13 bits per heavy atom. The average Bonchev–Trinajstić information content (AvgIpc) is 3.20. The number of carbonyl (C=O) groups excluding carboxylic acids is 1. The van der Waals surface area contributed by atoms with Crippen LogP contribution < -0.4 is 15.4 Å². The number of aliphatic hydroxyl groups is 1. The summed E-state index contributed by atoms with van der Waals surface area (Å²) < 4.78 is 10.9. The second-order valence-corrected chi connectivity index (χ2v) is 5.87. The summed E-state index contributed by atoms with van der Waals surface area (Å²) in [5, 5.41) is 15.7. The maximum atomic E-state index is 11.9.